The number of ether oxygens (including phenoxy) is 3. The van der Waals surface area contributed by atoms with Crippen molar-refractivity contribution >= 4 is 17.5 Å². The second kappa shape index (κ2) is 8.34. The van der Waals surface area contributed by atoms with E-state index in [2.05, 4.69) is 26.2 Å². The third kappa shape index (κ3) is 3.75. The van der Waals surface area contributed by atoms with Crippen LogP contribution in [0.4, 0.5) is 11.6 Å². The molecule has 2 N–H and O–H groups in total. The standard InChI is InChI=1S/C21H22N6O4/c1-12-18(20(28)23-16-9-8-15(30-3)11-17(16)31-4)19(27-21(22-12)24-25-26-27)13-6-5-7-14(10-13)29-2/h5-11,19H,1-4H3,(H,23,28)(H,22,24,26). The van der Waals surface area contributed by atoms with Gasteiger partial charge in [0.1, 0.15) is 23.3 Å². The number of rotatable bonds is 6. The van der Waals surface area contributed by atoms with Crippen molar-refractivity contribution < 1.29 is 19.0 Å². The predicted molar refractivity (Wildman–Crippen MR) is 113 cm³/mol. The molecule has 0 fully saturated rings. The molecule has 0 spiro atoms. The van der Waals surface area contributed by atoms with Crippen LogP contribution >= 0.6 is 0 Å². The Labute approximate surface area is 178 Å². The number of fused-ring (bicyclic) bond motifs is 1. The predicted octanol–water partition coefficient (Wildman–Crippen LogP) is 2.63. The molecule has 2 heterocycles. The zero-order chi connectivity index (χ0) is 22.0. The molecule has 2 aromatic carbocycles. The lowest BCUT2D eigenvalue weighted by Gasteiger charge is -2.28. The van der Waals surface area contributed by atoms with Gasteiger partial charge < -0.3 is 24.8 Å². The quantitative estimate of drug-likeness (QED) is 0.623. The summed E-state index contributed by atoms with van der Waals surface area (Å²) < 4.78 is 17.6. The molecule has 0 saturated carbocycles. The van der Waals surface area contributed by atoms with E-state index in [4.69, 9.17) is 14.2 Å². The molecule has 0 aliphatic carbocycles. The number of aromatic nitrogens is 4. The molecular formula is C21H22N6O4. The number of anilines is 2. The van der Waals surface area contributed by atoms with Crippen LogP contribution in [0.1, 0.15) is 18.5 Å². The van der Waals surface area contributed by atoms with Gasteiger partial charge in [0.05, 0.1) is 32.6 Å². The first-order valence-electron chi connectivity index (χ1n) is 9.48. The number of carbonyl (C=O) groups is 1. The van der Waals surface area contributed by atoms with Crippen LogP contribution in [0.5, 0.6) is 17.2 Å². The molecule has 4 rings (SSSR count). The maximum atomic E-state index is 13.5. The summed E-state index contributed by atoms with van der Waals surface area (Å²) in [5, 5.41) is 17.9. The summed E-state index contributed by atoms with van der Waals surface area (Å²) in [4.78, 5) is 13.5. The molecule has 0 bridgehead atoms. The maximum Gasteiger partial charge on any atom is 0.255 e. The van der Waals surface area contributed by atoms with E-state index < -0.39 is 6.04 Å². The zero-order valence-electron chi connectivity index (χ0n) is 17.5. The van der Waals surface area contributed by atoms with Gasteiger partial charge in [-0.05, 0) is 47.2 Å². The first-order chi connectivity index (χ1) is 15.0. The van der Waals surface area contributed by atoms with E-state index in [1.165, 1.54) is 7.11 Å². The summed E-state index contributed by atoms with van der Waals surface area (Å²) >= 11 is 0. The minimum atomic E-state index is -0.550. The van der Waals surface area contributed by atoms with Crippen molar-refractivity contribution in [3.8, 4) is 17.2 Å². The number of hydrogen-bond donors (Lipinski definition) is 2. The van der Waals surface area contributed by atoms with Gasteiger partial charge in [0.15, 0.2) is 0 Å². The van der Waals surface area contributed by atoms with E-state index >= 15 is 0 Å². The van der Waals surface area contributed by atoms with Crippen molar-refractivity contribution in [3.05, 3.63) is 59.3 Å². The van der Waals surface area contributed by atoms with E-state index in [-0.39, 0.29) is 5.91 Å². The fraction of sp³-hybridized carbons (Fsp3) is 0.238. The van der Waals surface area contributed by atoms with Crippen LogP contribution in [0.2, 0.25) is 0 Å². The van der Waals surface area contributed by atoms with Crippen LogP contribution in [0.15, 0.2) is 53.7 Å². The summed E-state index contributed by atoms with van der Waals surface area (Å²) in [5.41, 5.74) is 2.42. The molecule has 1 unspecified atom stereocenters. The average Bonchev–Trinajstić information content (AvgIpc) is 3.26. The molecule has 1 amide bonds. The average molecular weight is 422 g/mol. The fourth-order valence-electron chi connectivity index (χ4n) is 3.52. The van der Waals surface area contributed by atoms with Gasteiger partial charge in [0, 0.05) is 11.8 Å². The number of hydrogen-bond acceptors (Lipinski definition) is 8. The van der Waals surface area contributed by atoms with E-state index in [0.717, 1.165) is 5.56 Å². The van der Waals surface area contributed by atoms with Crippen LogP contribution in [0.25, 0.3) is 0 Å². The molecule has 1 aliphatic heterocycles. The zero-order valence-corrected chi connectivity index (χ0v) is 17.5. The van der Waals surface area contributed by atoms with Gasteiger partial charge in [0.2, 0.25) is 5.95 Å². The van der Waals surface area contributed by atoms with Crippen LogP contribution in [-0.4, -0.2) is 47.4 Å². The molecule has 31 heavy (non-hydrogen) atoms. The van der Waals surface area contributed by atoms with Gasteiger partial charge in [-0.3, -0.25) is 4.79 Å². The van der Waals surface area contributed by atoms with Gasteiger partial charge in [-0.1, -0.05) is 17.2 Å². The summed E-state index contributed by atoms with van der Waals surface area (Å²) in [6.07, 6.45) is 0. The molecule has 10 heteroatoms. The number of methoxy groups -OCH3 is 3. The van der Waals surface area contributed by atoms with E-state index in [9.17, 15) is 4.79 Å². The minimum absolute atomic E-state index is 0.317. The first kappa shape index (κ1) is 20.2. The third-order valence-electron chi connectivity index (χ3n) is 5.03. The monoisotopic (exact) mass is 422 g/mol. The van der Waals surface area contributed by atoms with Gasteiger partial charge in [-0.25, -0.2) is 0 Å². The summed E-state index contributed by atoms with van der Waals surface area (Å²) in [6, 6.07) is 12.1. The number of tetrazole rings is 1. The summed E-state index contributed by atoms with van der Waals surface area (Å²) in [5.74, 6) is 1.90. The normalized spacial score (nSPS) is 15.0. The SMILES string of the molecule is COc1cccc(C2C(C(=O)Nc3ccc(OC)cc3OC)=C(C)Nc3nnnn32)c1. The molecule has 1 aliphatic rings. The molecule has 0 radical (unpaired) electrons. The number of carbonyl (C=O) groups excluding carboxylic acids is 1. The van der Waals surface area contributed by atoms with Crippen LogP contribution < -0.4 is 24.8 Å². The molecule has 10 nitrogen and oxygen atoms in total. The van der Waals surface area contributed by atoms with Crippen molar-refractivity contribution in [2.75, 3.05) is 32.0 Å². The van der Waals surface area contributed by atoms with Crippen molar-refractivity contribution in [1.82, 2.24) is 20.2 Å². The van der Waals surface area contributed by atoms with Gasteiger partial charge in [-0.15, -0.1) is 0 Å². The highest BCUT2D eigenvalue weighted by atomic mass is 16.5. The minimum Gasteiger partial charge on any atom is -0.497 e. The van der Waals surface area contributed by atoms with E-state index in [1.807, 2.05) is 31.2 Å². The lowest BCUT2D eigenvalue weighted by molar-refractivity contribution is -0.113. The number of benzene rings is 2. The van der Waals surface area contributed by atoms with Crippen LogP contribution in [-0.2, 0) is 4.79 Å². The van der Waals surface area contributed by atoms with Gasteiger partial charge in [0.25, 0.3) is 5.91 Å². The van der Waals surface area contributed by atoms with E-state index in [1.54, 1.807) is 37.1 Å². The Kier molecular flexibility index (Phi) is 5.44. The first-order valence-corrected chi connectivity index (χ1v) is 9.48. The molecule has 1 aromatic heterocycles. The van der Waals surface area contributed by atoms with Crippen LogP contribution in [0, 0.1) is 0 Å². The highest BCUT2D eigenvalue weighted by Crippen LogP contribution is 2.37. The number of nitrogens with one attached hydrogen (secondary N) is 2. The van der Waals surface area contributed by atoms with Crippen LogP contribution in [0.3, 0.4) is 0 Å². The Morgan fingerprint density at radius 1 is 1.06 bits per heavy atom. The van der Waals surface area contributed by atoms with Crippen molar-refractivity contribution in [3.63, 3.8) is 0 Å². The molecule has 160 valence electrons. The van der Waals surface area contributed by atoms with Gasteiger partial charge in [-0.2, -0.15) is 4.68 Å². The smallest absolute Gasteiger partial charge is 0.255 e. The molecule has 1 atom stereocenters. The number of allylic oxidation sites excluding steroid dienone is 1. The van der Waals surface area contributed by atoms with E-state index in [0.29, 0.717) is 40.2 Å². The molecule has 3 aromatic rings. The molecule has 0 saturated heterocycles. The fourth-order valence-corrected chi connectivity index (χ4v) is 3.52. The highest BCUT2D eigenvalue weighted by Gasteiger charge is 2.34. The second-order valence-electron chi connectivity index (χ2n) is 6.81. The molecular weight excluding hydrogens is 400 g/mol. The Bertz CT molecular complexity index is 1160. The summed E-state index contributed by atoms with van der Waals surface area (Å²) in [6.45, 7) is 1.81. The van der Waals surface area contributed by atoms with Crippen molar-refractivity contribution in [2.45, 2.75) is 13.0 Å². The van der Waals surface area contributed by atoms with Gasteiger partial charge >= 0.3 is 0 Å². The number of amides is 1. The third-order valence-corrected chi connectivity index (χ3v) is 5.03. The topological polar surface area (TPSA) is 112 Å². The number of nitrogens with zero attached hydrogens (tertiary/aromatic N) is 4. The van der Waals surface area contributed by atoms with Crippen molar-refractivity contribution in [2.24, 2.45) is 0 Å². The Balaban J connectivity index is 1.75. The lowest BCUT2D eigenvalue weighted by atomic mass is 9.95. The Hall–Kier alpha value is -4.08. The van der Waals surface area contributed by atoms with Crippen molar-refractivity contribution in [1.29, 1.82) is 0 Å². The highest BCUT2D eigenvalue weighted by molar-refractivity contribution is 6.06. The second-order valence-corrected chi connectivity index (χ2v) is 6.81. The maximum absolute atomic E-state index is 13.5. The lowest BCUT2D eigenvalue weighted by Crippen LogP contribution is -2.31. The largest absolute Gasteiger partial charge is 0.497 e. The summed E-state index contributed by atoms with van der Waals surface area (Å²) in [7, 11) is 4.69. The Morgan fingerprint density at radius 2 is 1.84 bits per heavy atom. The Morgan fingerprint density at radius 3 is 2.58 bits per heavy atom.